The van der Waals surface area contributed by atoms with Gasteiger partial charge in [-0.15, -0.1) is 0 Å². The molecule has 6 nitrogen and oxygen atoms in total. The van der Waals surface area contributed by atoms with E-state index in [4.69, 9.17) is 18.9 Å². The zero-order valence-corrected chi connectivity index (χ0v) is 15.4. The van der Waals surface area contributed by atoms with Crippen molar-refractivity contribution < 1.29 is 29.5 Å². The smallest absolute Gasteiger partial charge is 0.367 e. The standard InChI is InChI=1S/C18H33NO5/c1-12(2)9-22-16-11-21-10-15(19)18(20)23-13(3)17(16)24-14-7-5-4-6-8-14/h12-17H,4-11,19H2,1-3H3/p+1/t13-,15-,16-,17-/m0/s1. The van der Waals surface area contributed by atoms with E-state index in [9.17, 15) is 4.79 Å². The molecule has 1 saturated carbocycles. The Labute approximate surface area is 145 Å². The predicted molar refractivity (Wildman–Crippen MR) is 89.4 cm³/mol. The van der Waals surface area contributed by atoms with Gasteiger partial charge >= 0.3 is 5.97 Å². The van der Waals surface area contributed by atoms with E-state index in [1.54, 1.807) is 0 Å². The van der Waals surface area contributed by atoms with E-state index in [2.05, 4.69) is 19.6 Å². The first-order valence-electron chi connectivity index (χ1n) is 9.35. The first-order valence-corrected chi connectivity index (χ1v) is 9.35. The second-order valence-corrected chi connectivity index (χ2v) is 7.50. The van der Waals surface area contributed by atoms with Crippen LogP contribution in [0.15, 0.2) is 0 Å². The van der Waals surface area contributed by atoms with Crippen molar-refractivity contribution in [3.05, 3.63) is 0 Å². The van der Waals surface area contributed by atoms with Crippen LogP contribution >= 0.6 is 0 Å². The number of hydrogen-bond acceptors (Lipinski definition) is 5. The summed E-state index contributed by atoms with van der Waals surface area (Å²) in [6.45, 7) is 7.40. The fourth-order valence-electron chi connectivity index (χ4n) is 3.22. The number of hydrogen-bond donors (Lipinski definition) is 1. The lowest BCUT2D eigenvalue weighted by Gasteiger charge is -2.35. The van der Waals surface area contributed by atoms with Crippen LogP contribution in [0.2, 0.25) is 0 Å². The summed E-state index contributed by atoms with van der Waals surface area (Å²) in [5.74, 6) is 0.0932. The molecule has 0 spiro atoms. The van der Waals surface area contributed by atoms with Crippen LogP contribution in [0.4, 0.5) is 0 Å². The van der Waals surface area contributed by atoms with Gasteiger partial charge in [-0.1, -0.05) is 33.1 Å². The van der Waals surface area contributed by atoms with Gasteiger partial charge in [0.1, 0.15) is 24.9 Å². The zero-order chi connectivity index (χ0) is 17.5. The van der Waals surface area contributed by atoms with E-state index in [0.717, 1.165) is 12.8 Å². The molecule has 2 rings (SSSR count). The SMILES string of the molecule is CC(C)CO[C@H]1COC[C@H]([NH3+])C(=O)O[C@@H](C)[C@@H]1OC1CCCCC1. The number of rotatable bonds is 5. The first kappa shape index (κ1) is 19.6. The predicted octanol–water partition coefficient (Wildman–Crippen LogP) is 1.32. The summed E-state index contributed by atoms with van der Waals surface area (Å²) in [5, 5.41) is 0. The van der Waals surface area contributed by atoms with Gasteiger partial charge in [-0.2, -0.15) is 0 Å². The number of ether oxygens (including phenoxy) is 4. The number of carbonyl (C=O) groups is 1. The Balaban J connectivity index is 2.08. The molecule has 1 heterocycles. The van der Waals surface area contributed by atoms with E-state index < -0.39 is 6.04 Å². The molecule has 0 bridgehead atoms. The molecule has 0 radical (unpaired) electrons. The van der Waals surface area contributed by atoms with Crippen molar-refractivity contribution in [1.29, 1.82) is 0 Å². The van der Waals surface area contributed by atoms with Crippen molar-refractivity contribution in [2.45, 2.75) is 83.3 Å². The summed E-state index contributed by atoms with van der Waals surface area (Å²) in [4.78, 5) is 12.1. The molecule has 0 aromatic heterocycles. The molecule has 6 heteroatoms. The van der Waals surface area contributed by atoms with Gasteiger partial charge in [0.05, 0.1) is 12.7 Å². The maximum Gasteiger partial charge on any atom is 0.367 e. The van der Waals surface area contributed by atoms with E-state index in [1.807, 2.05) is 6.92 Å². The Morgan fingerprint density at radius 1 is 1.21 bits per heavy atom. The highest BCUT2D eigenvalue weighted by Gasteiger charge is 2.37. The number of quaternary nitrogens is 1. The average molecular weight is 344 g/mol. The summed E-state index contributed by atoms with van der Waals surface area (Å²) in [7, 11) is 0. The summed E-state index contributed by atoms with van der Waals surface area (Å²) < 4.78 is 23.7. The third-order valence-electron chi connectivity index (χ3n) is 4.61. The van der Waals surface area contributed by atoms with Crippen LogP contribution in [-0.2, 0) is 23.7 Å². The Morgan fingerprint density at radius 3 is 2.58 bits per heavy atom. The molecular formula is C18H34NO5+. The first-order chi connectivity index (χ1) is 11.5. The molecule has 4 atom stereocenters. The minimum atomic E-state index is -0.508. The van der Waals surface area contributed by atoms with Gasteiger partial charge in [0.25, 0.3) is 0 Å². The van der Waals surface area contributed by atoms with Gasteiger partial charge in [-0.25, -0.2) is 4.79 Å². The molecule has 0 amide bonds. The summed E-state index contributed by atoms with van der Waals surface area (Å²) in [6, 6.07) is -0.508. The van der Waals surface area contributed by atoms with E-state index in [-0.39, 0.29) is 37.0 Å². The molecule has 3 N–H and O–H groups in total. The second-order valence-electron chi connectivity index (χ2n) is 7.50. The summed E-state index contributed by atoms with van der Waals surface area (Å²) >= 11 is 0. The molecule has 24 heavy (non-hydrogen) atoms. The van der Waals surface area contributed by atoms with Crippen molar-refractivity contribution in [1.82, 2.24) is 0 Å². The average Bonchev–Trinajstić information content (AvgIpc) is 2.60. The second kappa shape index (κ2) is 9.70. The van der Waals surface area contributed by atoms with Crippen LogP contribution in [0.3, 0.4) is 0 Å². The van der Waals surface area contributed by atoms with Gasteiger partial charge in [-0.3, -0.25) is 0 Å². The van der Waals surface area contributed by atoms with Gasteiger partial charge in [0.2, 0.25) is 6.04 Å². The molecule has 0 unspecified atom stereocenters. The van der Waals surface area contributed by atoms with Crippen molar-refractivity contribution in [3.63, 3.8) is 0 Å². The van der Waals surface area contributed by atoms with Gasteiger partial charge in [0.15, 0.2) is 0 Å². The monoisotopic (exact) mass is 344 g/mol. The number of esters is 1. The van der Waals surface area contributed by atoms with Crippen molar-refractivity contribution in [2.75, 3.05) is 19.8 Å². The molecule has 140 valence electrons. The Morgan fingerprint density at radius 2 is 1.92 bits per heavy atom. The van der Waals surface area contributed by atoms with Crippen LogP contribution in [0, 0.1) is 5.92 Å². The molecule has 0 aromatic rings. The fraction of sp³-hybridized carbons (Fsp3) is 0.944. The molecule has 2 aliphatic rings. The number of carbonyl (C=O) groups excluding carboxylic acids is 1. The molecule has 2 fully saturated rings. The third-order valence-corrected chi connectivity index (χ3v) is 4.61. The van der Waals surface area contributed by atoms with Crippen LogP contribution in [0.5, 0.6) is 0 Å². The highest BCUT2D eigenvalue weighted by molar-refractivity contribution is 5.74. The van der Waals surface area contributed by atoms with E-state index in [0.29, 0.717) is 19.1 Å². The summed E-state index contributed by atoms with van der Waals surface area (Å²) in [5.41, 5.74) is 3.82. The van der Waals surface area contributed by atoms with Crippen LogP contribution in [0.25, 0.3) is 0 Å². The highest BCUT2D eigenvalue weighted by atomic mass is 16.6. The molecule has 1 aliphatic carbocycles. The van der Waals surface area contributed by atoms with Gasteiger partial charge in [0, 0.05) is 6.61 Å². The molecule has 0 aromatic carbocycles. The Hall–Kier alpha value is -0.690. The largest absolute Gasteiger partial charge is 0.455 e. The number of cyclic esters (lactones) is 1. The Kier molecular flexibility index (Phi) is 7.94. The molecular weight excluding hydrogens is 310 g/mol. The van der Waals surface area contributed by atoms with Crippen molar-refractivity contribution in [2.24, 2.45) is 5.92 Å². The maximum atomic E-state index is 12.1. The van der Waals surface area contributed by atoms with E-state index in [1.165, 1.54) is 19.3 Å². The van der Waals surface area contributed by atoms with Crippen molar-refractivity contribution in [3.8, 4) is 0 Å². The molecule has 1 saturated heterocycles. The minimum Gasteiger partial charge on any atom is -0.455 e. The topological polar surface area (TPSA) is 81.6 Å². The van der Waals surface area contributed by atoms with Gasteiger partial charge in [-0.05, 0) is 25.7 Å². The summed E-state index contributed by atoms with van der Waals surface area (Å²) in [6.07, 6.45) is 5.09. The van der Waals surface area contributed by atoms with Crippen LogP contribution in [0.1, 0.15) is 52.9 Å². The highest BCUT2D eigenvalue weighted by Crippen LogP contribution is 2.25. The molecule has 1 aliphatic heterocycles. The quantitative estimate of drug-likeness (QED) is 0.761. The minimum absolute atomic E-state index is 0.214. The lowest BCUT2D eigenvalue weighted by Crippen LogP contribution is -2.67. The van der Waals surface area contributed by atoms with Crippen LogP contribution < -0.4 is 5.73 Å². The third kappa shape index (κ3) is 5.99. The fourth-order valence-corrected chi connectivity index (χ4v) is 3.22. The van der Waals surface area contributed by atoms with E-state index >= 15 is 0 Å². The zero-order valence-electron chi connectivity index (χ0n) is 15.4. The lowest BCUT2D eigenvalue weighted by atomic mass is 9.97. The normalized spacial score (nSPS) is 33.6. The van der Waals surface area contributed by atoms with Crippen LogP contribution in [-0.4, -0.2) is 56.2 Å². The van der Waals surface area contributed by atoms with Crippen molar-refractivity contribution >= 4 is 5.97 Å². The lowest BCUT2D eigenvalue weighted by molar-refractivity contribution is -0.415. The van der Waals surface area contributed by atoms with Gasteiger partial charge < -0.3 is 24.7 Å². The Bertz CT molecular complexity index is 384. The maximum absolute atomic E-state index is 12.1.